The zero-order valence-electron chi connectivity index (χ0n) is 7.87. The molecule has 14 heavy (non-hydrogen) atoms. The summed E-state index contributed by atoms with van der Waals surface area (Å²) in [6, 6.07) is 8.17. The third-order valence-electron chi connectivity index (χ3n) is 1.59. The maximum atomic E-state index is 10.6. The molecule has 0 atom stereocenters. The largest absolute Gasteiger partial charge is 0.288 e. The maximum absolute atomic E-state index is 10.6. The molecular weight excluding hydrogens is 307 g/mol. The molecule has 0 aliphatic rings. The normalized spacial score (nSPS) is 10.7. The maximum Gasteiger partial charge on any atom is 0.186 e. The van der Waals surface area contributed by atoms with Crippen LogP contribution in [-0.4, -0.2) is 10.9 Å². The Morgan fingerprint density at radius 1 is 1.50 bits per heavy atom. The minimum absolute atomic E-state index is 0.164. The number of benzene rings is 1. The topological polar surface area (TPSA) is 17.1 Å². The Kier molecular flexibility index (Phi) is 5.25. The van der Waals surface area contributed by atoms with Crippen LogP contribution in [0.25, 0.3) is 6.08 Å². The number of thioether (sulfide) groups is 1. The van der Waals surface area contributed by atoms with E-state index in [1.54, 1.807) is 6.92 Å². The van der Waals surface area contributed by atoms with Crippen LogP contribution in [-0.2, 0) is 4.79 Å². The van der Waals surface area contributed by atoms with Gasteiger partial charge >= 0.3 is 0 Å². The summed E-state index contributed by atoms with van der Waals surface area (Å²) >= 11 is 3.63. The second-order valence-corrected chi connectivity index (χ2v) is 5.09. The van der Waals surface area contributed by atoms with Crippen LogP contribution in [0.3, 0.4) is 0 Å². The molecule has 1 rings (SSSR count). The number of carbonyl (C=O) groups is 1. The molecule has 0 heterocycles. The van der Waals surface area contributed by atoms with Crippen molar-refractivity contribution < 1.29 is 4.79 Å². The molecule has 0 aliphatic carbocycles. The van der Waals surface area contributed by atoms with Crippen molar-refractivity contribution in [3.8, 4) is 0 Å². The van der Waals surface area contributed by atoms with E-state index in [0.29, 0.717) is 0 Å². The Morgan fingerprint density at radius 3 is 2.86 bits per heavy atom. The van der Waals surface area contributed by atoms with Crippen molar-refractivity contribution in [3.63, 3.8) is 0 Å². The summed E-state index contributed by atoms with van der Waals surface area (Å²) in [4.78, 5) is 10.6. The van der Waals surface area contributed by atoms with Crippen LogP contribution < -0.4 is 0 Å². The first-order valence-electron chi connectivity index (χ1n) is 4.24. The highest BCUT2D eigenvalue weighted by molar-refractivity contribution is 14.1. The molecule has 0 radical (unpaired) electrons. The number of hydrogen-bond acceptors (Lipinski definition) is 2. The minimum atomic E-state index is 0.164. The van der Waals surface area contributed by atoms with E-state index in [9.17, 15) is 4.79 Å². The van der Waals surface area contributed by atoms with E-state index in [-0.39, 0.29) is 5.12 Å². The first kappa shape index (κ1) is 11.8. The van der Waals surface area contributed by atoms with Gasteiger partial charge in [-0.3, -0.25) is 4.79 Å². The number of carbonyl (C=O) groups excluding carboxylic acids is 1. The van der Waals surface area contributed by atoms with Gasteiger partial charge in [0.15, 0.2) is 5.12 Å². The number of halogens is 1. The molecule has 3 heteroatoms. The highest BCUT2D eigenvalue weighted by Crippen LogP contribution is 2.13. The lowest BCUT2D eigenvalue weighted by Gasteiger charge is -1.96. The van der Waals surface area contributed by atoms with Gasteiger partial charge in [-0.05, 0) is 34.2 Å². The molecule has 1 aromatic carbocycles. The summed E-state index contributed by atoms with van der Waals surface area (Å²) in [7, 11) is 0. The molecule has 0 saturated carbocycles. The summed E-state index contributed by atoms with van der Waals surface area (Å²) < 4.78 is 1.23. The summed E-state index contributed by atoms with van der Waals surface area (Å²) in [6.45, 7) is 1.59. The van der Waals surface area contributed by atoms with Crippen molar-refractivity contribution in [2.75, 3.05) is 5.75 Å². The first-order chi connectivity index (χ1) is 6.70. The van der Waals surface area contributed by atoms with E-state index in [1.165, 1.54) is 20.9 Å². The minimum Gasteiger partial charge on any atom is -0.288 e. The average Bonchev–Trinajstić information content (AvgIpc) is 2.15. The van der Waals surface area contributed by atoms with Gasteiger partial charge in [-0.2, -0.15) is 0 Å². The lowest BCUT2D eigenvalue weighted by atomic mass is 10.2. The van der Waals surface area contributed by atoms with Gasteiger partial charge in [-0.25, -0.2) is 0 Å². The predicted molar refractivity (Wildman–Crippen MR) is 71.3 cm³/mol. The third-order valence-corrected chi connectivity index (χ3v) is 3.33. The average molecular weight is 318 g/mol. The molecule has 0 N–H and O–H groups in total. The molecule has 0 aliphatic heterocycles. The second kappa shape index (κ2) is 6.24. The SMILES string of the molecule is CC(=O)SCC=Cc1ccccc1I. The fraction of sp³-hybridized carbons (Fsp3) is 0.182. The number of hydrogen-bond donors (Lipinski definition) is 0. The standard InChI is InChI=1S/C11H11IOS/c1-9(13)14-8-4-6-10-5-2-3-7-11(10)12/h2-7H,8H2,1H3. The molecule has 0 saturated heterocycles. The third kappa shape index (κ3) is 4.28. The van der Waals surface area contributed by atoms with E-state index in [2.05, 4.69) is 40.8 Å². The van der Waals surface area contributed by atoms with Gasteiger partial charge in [-0.1, -0.05) is 42.1 Å². The fourth-order valence-electron chi connectivity index (χ4n) is 0.951. The van der Waals surface area contributed by atoms with Crippen molar-refractivity contribution >= 4 is 45.5 Å². The smallest absolute Gasteiger partial charge is 0.186 e. The lowest BCUT2D eigenvalue weighted by Crippen LogP contribution is -1.82. The monoisotopic (exact) mass is 318 g/mol. The fourth-order valence-corrected chi connectivity index (χ4v) is 1.95. The van der Waals surface area contributed by atoms with Gasteiger partial charge in [0.25, 0.3) is 0 Å². The zero-order valence-corrected chi connectivity index (χ0v) is 10.8. The van der Waals surface area contributed by atoms with Gasteiger partial charge < -0.3 is 0 Å². The van der Waals surface area contributed by atoms with Crippen molar-refractivity contribution in [2.45, 2.75) is 6.92 Å². The number of rotatable bonds is 3. The Hall–Kier alpha value is -0.290. The van der Waals surface area contributed by atoms with Crippen molar-refractivity contribution in [1.29, 1.82) is 0 Å². The van der Waals surface area contributed by atoms with Gasteiger partial charge in [0, 0.05) is 16.2 Å². The highest BCUT2D eigenvalue weighted by Gasteiger charge is 1.93. The molecule has 1 nitrogen and oxygen atoms in total. The highest BCUT2D eigenvalue weighted by atomic mass is 127. The van der Waals surface area contributed by atoms with E-state index in [1.807, 2.05) is 18.2 Å². The Bertz CT molecular complexity index is 347. The molecule has 0 amide bonds. The van der Waals surface area contributed by atoms with E-state index in [4.69, 9.17) is 0 Å². The van der Waals surface area contributed by atoms with Crippen LogP contribution in [0.2, 0.25) is 0 Å². The molecule has 1 aromatic rings. The van der Waals surface area contributed by atoms with Gasteiger partial charge in [-0.15, -0.1) is 0 Å². The molecule has 74 valence electrons. The molecule has 0 bridgehead atoms. The summed E-state index contributed by atoms with van der Waals surface area (Å²) in [5.74, 6) is 0.750. The van der Waals surface area contributed by atoms with Crippen molar-refractivity contribution in [1.82, 2.24) is 0 Å². The van der Waals surface area contributed by atoms with Crippen LogP contribution in [0.5, 0.6) is 0 Å². The molecular formula is C11H11IOS. The molecule has 0 spiro atoms. The van der Waals surface area contributed by atoms with E-state index in [0.717, 1.165) is 5.75 Å². The van der Waals surface area contributed by atoms with Crippen LogP contribution in [0, 0.1) is 3.57 Å². The van der Waals surface area contributed by atoms with Gasteiger partial charge in [0.1, 0.15) is 0 Å². The summed E-state index contributed by atoms with van der Waals surface area (Å²) in [5, 5.41) is 0.164. The Labute approximate surface area is 102 Å². The van der Waals surface area contributed by atoms with Crippen molar-refractivity contribution in [2.24, 2.45) is 0 Å². The van der Waals surface area contributed by atoms with Crippen LogP contribution >= 0.6 is 34.4 Å². The van der Waals surface area contributed by atoms with Crippen LogP contribution in [0.15, 0.2) is 30.3 Å². The second-order valence-electron chi connectivity index (χ2n) is 2.73. The van der Waals surface area contributed by atoms with Gasteiger partial charge in [0.2, 0.25) is 0 Å². The van der Waals surface area contributed by atoms with Crippen LogP contribution in [0.4, 0.5) is 0 Å². The molecule has 0 fully saturated rings. The van der Waals surface area contributed by atoms with E-state index >= 15 is 0 Å². The molecule has 0 unspecified atom stereocenters. The lowest BCUT2D eigenvalue weighted by molar-refractivity contribution is -0.109. The zero-order chi connectivity index (χ0) is 10.4. The summed E-state index contributed by atoms with van der Waals surface area (Å²) in [6.07, 6.45) is 4.07. The van der Waals surface area contributed by atoms with Gasteiger partial charge in [0.05, 0.1) is 0 Å². The quantitative estimate of drug-likeness (QED) is 0.793. The predicted octanol–water partition coefficient (Wildman–Crippen LogP) is 3.58. The Balaban J connectivity index is 2.52. The van der Waals surface area contributed by atoms with E-state index < -0.39 is 0 Å². The van der Waals surface area contributed by atoms with Crippen LogP contribution in [0.1, 0.15) is 12.5 Å². The van der Waals surface area contributed by atoms with Crippen molar-refractivity contribution in [3.05, 3.63) is 39.5 Å². The Morgan fingerprint density at radius 2 is 2.21 bits per heavy atom. The first-order valence-corrected chi connectivity index (χ1v) is 6.31. The molecule has 0 aromatic heterocycles. The summed E-state index contributed by atoms with van der Waals surface area (Å²) in [5.41, 5.74) is 1.21.